The number of carbonyl (C=O) groups is 1. The molecule has 5 aliphatic carbocycles. The molecular formula is C31H50O3. The van der Waals surface area contributed by atoms with Crippen LogP contribution in [-0.4, -0.2) is 29.7 Å². The first-order valence-corrected chi connectivity index (χ1v) is 14.7. The van der Waals surface area contributed by atoms with Crippen LogP contribution in [0.15, 0.2) is 0 Å². The van der Waals surface area contributed by atoms with Gasteiger partial charge in [0.05, 0.1) is 18.8 Å². The number of aliphatic hydroxyl groups is 1. The molecule has 6 rings (SSSR count). The summed E-state index contributed by atoms with van der Waals surface area (Å²) in [5, 5.41) is 10.1. The largest absolute Gasteiger partial charge is 0.393 e. The average Bonchev–Trinajstić information content (AvgIpc) is 3.39. The van der Waals surface area contributed by atoms with Crippen molar-refractivity contribution >= 4 is 5.78 Å². The van der Waals surface area contributed by atoms with Crippen LogP contribution in [0.5, 0.6) is 0 Å². The van der Waals surface area contributed by atoms with E-state index in [0.29, 0.717) is 45.2 Å². The first-order chi connectivity index (χ1) is 15.9. The molecule has 34 heavy (non-hydrogen) atoms. The molecule has 0 radical (unpaired) electrons. The Kier molecular flexibility index (Phi) is 5.02. The molecule has 6 aliphatic rings. The van der Waals surface area contributed by atoms with E-state index in [1.54, 1.807) is 0 Å². The standard InChI is InChI=1S/C31H50O3/c1-20(2)31(19-32)14-9-21(17-34-31)22-10-12-28(6)24-8-7-23-26(3,4)25(33)11-13-29(23)18-30(24,29)16-15-27(22,28)5/h20-24,32H,7-19H2,1-6H3/t21-,22+,23-,24-,27+,28-,29+,30?,31?/m0/s1. The summed E-state index contributed by atoms with van der Waals surface area (Å²) in [6, 6.07) is 0. The molecular weight excluding hydrogens is 420 g/mol. The number of aliphatic hydroxyl groups excluding tert-OH is 1. The smallest absolute Gasteiger partial charge is 0.138 e. The lowest BCUT2D eigenvalue weighted by Gasteiger charge is -2.63. The van der Waals surface area contributed by atoms with E-state index < -0.39 is 0 Å². The maximum Gasteiger partial charge on any atom is 0.138 e. The van der Waals surface area contributed by atoms with Crippen molar-refractivity contribution in [3.63, 3.8) is 0 Å². The van der Waals surface area contributed by atoms with Crippen LogP contribution < -0.4 is 0 Å². The first kappa shape index (κ1) is 24.0. The molecule has 6 fully saturated rings. The van der Waals surface area contributed by atoms with Crippen molar-refractivity contribution in [3.8, 4) is 0 Å². The molecule has 1 aliphatic heterocycles. The van der Waals surface area contributed by atoms with Gasteiger partial charge in [0, 0.05) is 11.8 Å². The molecule has 1 heterocycles. The molecule has 3 heteroatoms. The van der Waals surface area contributed by atoms with E-state index in [9.17, 15) is 9.90 Å². The summed E-state index contributed by atoms with van der Waals surface area (Å²) in [4.78, 5) is 12.9. The van der Waals surface area contributed by atoms with E-state index in [4.69, 9.17) is 4.74 Å². The third kappa shape index (κ3) is 2.60. The molecule has 0 amide bonds. The van der Waals surface area contributed by atoms with Gasteiger partial charge in [-0.1, -0.05) is 41.5 Å². The van der Waals surface area contributed by atoms with Crippen molar-refractivity contribution in [2.24, 2.45) is 56.7 Å². The molecule has 0 aromatic heterocycles. The molecule has 0 bridgehead atoms. The van der Waals surface area contributed by atoms with Crippen molar-refractivity contribution < 1.29 is 14.6 Å². The topological polar surface area (TPSA) is 46.5 Å². The molecule has 2 unspecified atom stereocenters. The number of hydrogen-bond donors (Lipinski definition) is 1. The molecule has 9 atom stereocenters. The number of ether oxygens (including phenoxy) is 1. The van der Waals surface area contributed by atoms with E-state index in [1.807, 2.05) is 0 Å². The van der Waals surface area contributed by atoms with Crippen LogP contribution in [-0.2, 0) is 9.53 Å². The van der Waals surface area contributed by atoms with Crippen molar-refractivity contribution in [2.75, 3.05) is 13.2 Å². The summed E-state index contributed by atoms with van der Waals surface area (Å²) in [5.41, 5.74) is 1.41. The van der Waals surface area contributed by atoms with E-state index >= 15 is 0 Å². The lowest BCUT2D eigenvalue weighted by molar-refractivity contribution is -0.180. The third-order valence-corrected chi connectivity index (χ3v) is 14.3. The molecule has 3 nitrogen and oxygen atoms in total. The summed E-state index contributed by atoms with van der Waals surface area (Å²) >= 11 is 0. The highest BCUT2D eigenvalue weighted by Crippen LogP contribution is 2.88. The zero-order valence-electron chi connectivity index (χ0n) is 22.8. The minimum atomic E-state index is -0.320. The van der Waals surface area contributed by atoms with Gasteiger partial charge < -0.3 is 9.84 Å². The molecule has 5 saturated carbocycles. The fraction of sp³-hybridized carbons (Fsp3) is 0.968. The molecule has 0 aromatic carbocycles. The average molecular weight is 471 g/mol. The fourth-order valence-corrected chi connectivity index (χ4v) is 11.9. The molecule has 1 N–H and O–H groups in total. The van der Waals surface area contributed by atoms with Crippen molar-refractivity contribution in [1.29, 1.82) is 0 Å². The highest BCUT2D eigenvalue weighted by molar-refractivity contribution is 5.86. The highest BCUT2D eigenvalue weighted by Gasteiger charge is 2.82. The van der Waals surface area contributed by atoms with Crippen LogP contribution >= 0.6 is 0 Å². The van der Waals surface area contributed by atoms with Gasteiger partial charge in [-0.05, 0) is 115 Å². The van der Waals surface area contributed by atoms with E-state index in [-0.39, 0.29) is 17.6 Å². The van der Waals surface area contributed by atoms with Crippen molar-refractivity contribution in [1.82, 2.24) is 0 Å². The SMILES string of the molecule is CC(C)C1(CO)CC[C@H]([C@H]2CC[C@@]3(C)[C@@H]4CC[C@H]5C(C)(C)C(=O)CC[C@@]56CC46CC[C@]23C)CO1. The minimum absolute atomic E-state index is 0.109. The normalized spacial score (nSPS) is 55.8. The van der Waals surface area contributed by atoms with Crippen LogP contribution in [0.25, 0.3) is 0 Å². The Hall–Kier alpha value is -0.410. The van der Waals surface area contributed by atoms with Crippen LogP contribution in [0.1, 0.15) is 112 Å². The lowest BCUT2D eigenvalue weighted by atomic mass is 9.42. The van der Waals surface area contributed by atoms with Gasteiger partial charge in [0.1, 0.15) is 5.78 Å². The fourth-order valence-electron chi connectivity index (χ4n) is 11.9. The Balaban J connectivity index is 1.26. The number of ketones is 1. The Labute approximate surface area is 208 Å². The summed E-state index contributed by atoms with van der Waals surface area (Å²) in [5.74, 6) is 3.78. The minimum Gasteiger partial charge on any atom is -0.393 e. The number of fused-ring (bicyclic) bond motifs is 2. The van der Waals surface area contributed by atoms with Gasteiger partial charge in [-0.25, -0.2) is 0 Å². The van der Waals surface area contributed by atoms with Gasteiger partial charge in [-0.2, -0.15) is 0 Å². The molecule has 2 spiro atoms. The van der Waals surface area contributed by atoms with Gasteiger partial charge in [-0.3, -0.25) is 4.79 Å². The highest BCUT2D eigenvalue weighted by atomic mass is 16.5. The van der Waals surface area contributed by atoms with Crippen LogP contribution in [0.3, 0.4) is 0 Å². The third-order valence-electron chi connectivity index (χ3n) is 14.3. The second-order valence-corrected chi connectivity index (χ2v) is 15.3. The van der Waals surface area contributed by atoms with Crippen LogP contribution in [0.4, 0.5) is 0 Å². The number of hydrogen-bond acceptors (Lipinski definition) is 3. The monoisotopic (exact) mass is 470 g/mol. The molecule has 1 saturated heterocycles. The number of carbonyl (C=O) groups excluding carboxylic acids is 1. The number of rotatable bonds is 3. The Bertz CT molecular complexity index is 868. The summed E-state index contributed by atoms with van der Waals surface area (Å²) in [7, 11) is 0. The second kappa shape index (κ2) is 7.12. The molecule has 0 aromatic rings. The lowest BCUT2D eigenvalue weighted by Crippen LogP contribution is -2.57. The van der Waals surface area contributed by atoms with Gasteiger partial charge in [-0.15, -0.1) is 0 Å². The zero-order valence-corrected chi connectivity index (χ0v) is 22.8. The molecule has 192 valence electrons. The summed E-state index contributed by atoms with van der Waals surface area (Å²) < 4.78 is 6.51. The Morgan fingerprint density at radius 3 is 2.24 bits per heavy atom. The van der Waals surface area contributed by atoms with Gasteiger partial charge >= 0.3 is 0 Å². The first-order valence-electron chi connectivity index (χ1n) is 14.7. The summed E-state index contributed by atoms with van der Waals surface area (Å²) in [6.07, 6.45) is 13.8. The summed E-state index contributed by atoms with van der Waals surface area (Å²) in [6.45, 7) is 15.3. The number of Topliss-reactive ketones (excluding diaryl/α,β-unsaturated/α-hetero) is 1. The second-order valence-electron chi connectivity index (χ2n) is 15.3. The van der Waals surface area contributed by atoms with Crippen molar-refractivity contribution in [3.05, 3.63) is 0 Å². The van der Waals surface area contributed by atoms with Crippen molar-refractivity contribution in [2.45, 2.75) is 118 Å². The van der Waals surface area contributed by atoms with Gasteiger partial charge in [0.2, 0.25) is 0 Å². The zero-order chi connectivity index (χ0) is 24.4. The quantitative estimate of drug-likeness (QED) is 0.493. The van der Waals surface area contributed by atoms with E-state index in [0.717, 1.165) is 31.3 Å². The predicted octanol–water partition coefficient (Wildman–Crippen LogP) is 6.81. The van der Waals surface area contributed by atoms with E-state index in [1.165, 1.54) is 57.8 Å². The van der Waals surface area contributed by atoms with Gasteiger partial charge in [0.25, 0.3) is 0 Å². The maximum absolute atomic E-state index is 12.9. The Morgan fingerprint density at radius 2 is 1.59 bits per heavy atom. The van der Waals surface area contributed by atoms with Crippen LogP contribution in [0.2, 0.25) is 0 Å². The maximum atomic E-state index is 12.9. The Morgan fingerprint density at radius 1 is 0.882 bits per heavy atom. The van der Waals surface area contributed by atoms with E-state index in [2.05, 4.69) is 41.5 Å². The van der Waals surface area contributed by atoms with Gasteiger partial charge in [0.15, 0.2) is 0 Å². The van der Waals surface area contributed by atoms with Crippen LogP contribution in [0, 0.1) is 56.7 Å². The predicted molar refractivity (Wildman–Crippen MR) is 135 cm³/mol.